The predicted molar refractivity (Wildman–Crippen MR) is 164 cm³/mol. The van der Waals surface area contributed by atoms with Crippen LogP contribution >= 0.6 is 0 Å². The number of benzene rings is 2. The van der Waals surface area contributed by atoms with Crippen molar-refractivity contribution in [3.8, 4) is 16.9 Å². The third-order valence-electron chi connectivity index (χ3n) is 9.12. The van der Waals surface area contributed by atoms with E-state index in [9.17, 15) is 31.5 Å². The topological polar surface area (TPSA) is 94.1 Å². The Hall–Kier alpha value is -4.49. The van der Waals surface area contributed by atoms with Gasteiger partial charge in [-0.2, -0.15) is 13.2 Å². The summed E-state index contributed by atoms with van der Waals surface area (Å²) < 4.78 is 85.0. The SMILES string of the molecule is CCOC(=O)C[C@@H]1CCc2cc(OC)c(-c3cnc(N4CC(F)(F)C4)nc3CN3C(=O)O[C@H](c4cc(C)cc(C(F)(F)F)c4)[C@@H]3C)cc21. The van der Waals surface area contributed by atoms with Gasteiger partial charge in [0.25, 0.3) is 5.92 Å². The van der Waals surface area contributed by atoms with Gasteiger partial charge in [0, 0.05) is 17.3 Å². The molecular formula is C34H35F5N4O5. The van der Waals surface area contributed by atoms with Crippen LogP contribution < -0.4 is 9.64 Å². The number of hydrogen-bond acceptors (Lipinski definition) is 8. The number of alkyl halides is 5. The van der Waals surface area contributed by atoms with E-state index in [4.69, 9.17) is 14.2 Å². The highest BCUT2D eigenvalue weighted by Gasteiger charge is 2.46. The largest absolute Gasteiger partial charge is 0.496 e. The number of carbonyl (C=O) groups excluding carboxylic acids is 2. The first-order valence-corrected chi connectivity index (χ1v) is 15.7. The normalized spacial score (nSPS) is 21.5. The number of ether oxygens (including phenoxy) is 3. The molecule has 6 rings (SSSR count). The molecule has 14 heteroatoms. The monoisotopic (exact) mass is 674 g/mol. The first-order valence-electron chi connectivity index (χ1n) is 15.7. The van der Waals surface area contributed by atoms with Gasteiger partial charge in [0.05, 0.1) is 57.1 Å². The molecule has 3 heterocycles. The van der Waals surface area contributed by atoms with Crippen LogP contribution in [0.4, 0.5) is 32.7 Å². The number of rotatable bonds is 9. The van der Waals surface area contributed by atoms with Crippen LogP contribution in [0, 0.1) is 6.92 Å². The van der Waals surface area contributed by atoms with Crippen molar-refractivity contribution in [2.75, 3.05) is 31.7 Å². The quantitative estimate of drug-likeness (QED) is 0.177. The number of halogens is 5. The lowest BCUT2D eigenvalue weighted by Crippen LogP contribution is -2.57. The highest BCUT2D eigenvalue weighted by atomic mass is 19.4. The minimum absolute atomic E-state index is 0.0465. The summed E-state index contributed by atoms with van der Waals surface area (Å²) in [6, 6.07) is 6.64. The van der Waals surface area contributed by atoms with Crippen molar-refractivity contribution in [3.05, 3.63) is 70.0 Å². The molecule has 2 saturated heterocycles. The van der Waals surface area contributed by atoms with Gasteiger partial charge in [0.2, 0.25) is 5.95 Å². The Kier molecular flexibility index (Phi) is 8.71. The van der Waals surface area contributed by atoms with Gasteiger partial charge in [0.15, 0.2) is 0 Å². The molecule has 9 nitrogen and oxygen atoms in total. The van der Waals surface area contributed by atoms with E-state index in [1.54, 1.807) is 19.9 Å². The van der Waals surface area contributed by atoms with Crippen molar-refractivity contribution in [2.45, 2.75) is 76.7 Å². The minimum atomic E-state index is -4.59. The number of nitrogens with zero attached hydrogens (tertiary/aromatic N) is 4. The molecular weight excluding hydrogens is 639 g/mol. The van der Waals surface area contributed by atoms with Crippen LogP contribution in [0.1, 0.15) is 72.2 Å². The molecule has 0 bridgehead atoms. The second-order valence-electron chi connectivity index (χ2n) is 12.5. The zero-order valence-electron chi connectivity index (χ0n) is 26.9. The summed E-state index contributed by atoms with van der Waals surface area (Å²) in [5.41, 5.74) is 3.01. The Labute approximate surface area is 274 Å². The Balaban J connectivity index is 1.38. The van der Waals surface area contributed by atoms with Crippen LogP contribution in [0.25, 0.3) is 11.1 Å². The van der Waals surface area contributed by atoms with Crippen molar-refractivity contribution in [1.82, 2.24) is 14.9 Å². The average Bonchev–Trinajstić information content (AvgIpc) is 3.53. The summed E-state index contributed by atoms with van der Waals surface area (Å²) in [6.45, 7) is 3.93. The third-order valence-corrected chi connectivity index (χ3v) is 9.12. The van der Waals surface area contributed by atoms with Gasteiger partial charge in [0.1, 0.15) is 11.9 Å². The van der Waals surface area contributed by atoms with E-state index >= 15 is 0 Å². The van der Waals surface area contributed by atoms with Crippen molar-refractivity contribution >= 4 is 18.0 Å². The first kappa shape index (κ1) is 33.4. The maximum atomic E-state index is 13.8. The van der Waals surface area contributed by atoms with E-state index in [2.05, 4.69) is 9.97 Å². The summed E-state index contributed by atoms with van der Waals surface area (Å²) in [6.07, 6.45) is -3.19. The molecule has 0 unspecified atom stereocenters. The van der Waals surface area contributed by atoms with E-state index in [1.807, 2.05) is 12.1 Å². The van der Waals surface area contributed by atoms with Crippen LogP contribution in [0.3, 0.4) is 0 Å². The van der Waals surface area contributed by atoms with Gasteiger partial charge in [-0.3, -0.25) is 9.69 Å². The first-order chi connectivity index (χ1) is 22.7. The molecule has 3 atom stereocenters. The number of fused-ring (bicyclic) bond motifs is 1. The van der Waals surface area contributed by atoms with E-state index in [0.717, 1.165) is 36.1 Å². The molecule has 48 heavy (non-hydrogen) atoms. The summed E-state index contributed by atoms with van der Waals surface area (Å²) >= 11 is 0. The molecule has 2 aliphatic heterocycles. The summed E-state index contributed by atoms with van der Waals surface area (Å²) in [5.74, 6) is -2.75. The van der Waals surface area contributed by atoms with Crippen LogP contribution in [0.15, 0.2) is 36.5 Å². The Morgan fingerprint density at radius 1 is 1.12 bits per heavy atom. The maximum Gasteiger partial charge on any atom is 0.416 e. The molecule has 0 radical (unpaired) electrons. The van der Waals surface area contributed by atoms with E-state index in [-0.39, 0.29) is 43.0 Å². The lowest BCUT2D eigenvalue weighted by molar-refractivity contribution is -0.143. The molecule has 3 aliphatic rings. The number of aromatic nitrogens is 2. The van der Waals surface area contributed by atoms with Crippen molar-refractivity contribution in [1.29, 1.82) is 0 Å². The molecule has 1 aliphatic carbocycles. The van der Waals surface area contributed by atoms with Gasteiger partial charge in [-0.15, -0.1) is 0 Å². The Morgan fingerprint density at radius 2 is 1.88 bits per heavy atom. The Bertz CT molecular complexity index is 1740. The fraction of sp³-hybridized carbons (Fsp3) is 0.471. The number of anilines is 1. The van der Waals surface area contributed by atoms with Gasteiger partial charge < -0.3 is 19.1 Å². The lowest BCUT2D eigenvalue weighted by Gasteiger charge is -2.38. The van der Waals surface area contributed by atoms with Gasteiger partial charge >= 0.3 is 18.2 Å². The van der Waals surface area contributed by atoms with Gasteiger partial charge in [-0.1, -0.05) is 11.6 Å². The average molecular weight is 675 g/mol. The number of amides is 1. The zero-order chi connectivity index (χ0) is 34.5. The number of esters is 1. The lowest BCUT2D eigenvalue weighted by atomic mass is 9.93. The van der Waals surface area contributed by atoms with Crippen LogP contribution in [0.2, 0.25) is 0 Å². The molecule has 1 amide bonds. The molecule has 0 saturated carbocycles. The molecule has 3 aromatic rings. The maximum absolute atomic E-state index is 13.8. The third kappa shape index (κ3) is 6.48. The van der Waals surface area contributed by atoms with Crippen molar-refractivity contribution < 1.29 is 45.8 Å². The number of carbonyl (C=O) groups is 2. The number of methoxy groups -OCH3 is 1. The molecule has 1 aromatic heterocycles. The van der Waals surface area contributed by atoms with Crippen LogP contribution in [-0.2, 0) is 33.4 Å². The number of cyclic esters (lactones) is 1. The molecule has 2 fully saturated rings. The minimum Gasteiger partial charge on any atom is -0.496 e. The predicted octanol–water partition coefficient (Wildman–Crippen LogP) is 7.00. The zero-order valence-corrected chi connectivity index (χ0v) is 26.9. The van der Waals surface area contributed by atoms with Crippen LogP contribution in [-0.4, -0.2) is 65.7 Å². The Morgan fingerprint density at radius 3 is 2.54 bits per heavy atom. The summed E-state index contributed by atoms with van der Waals surface area (Å²) in [4.78, 5) is 37.4. The molecule has 256 valence electrons. The van der Waals surface area contributed by atoms with E-state index < -0.39 is 49.0 Å². The summed E-state index contributed by atoms with van der Waals surface area (Å²) in [5, 5.41) is 0. The molecule has 2 aromatic carbocycles. The fourth-order valence-corrected chi connectivity index (χ4v) is 6.75. The summed E-state index contributed by atoms with van der Waals surface area (Å²) in [7, 11) is 1.51. The van der Waals surface area contributed by atoms with E-state index in [0.29, 0.717) is 28.1 Å². The smallest absolute Gasteiger partial charge is 0.416 e. The standard InChI is InChI=1S/C34H35F5N4O5/c1-5-47-29(44)12-21-7-6-20-11-28(46-4)25(13-24(20)21)26-14-40-31(42-16-33(35,36)17-42)41-27(26)15-43-19(3)30(48-32(43)45)22-8-18(2)9-23(10-22)34(37,38)39/h8-11,13-14,19,21,30H,5-7,12,15-17H2,1-4H3/t19-,21-,30-/m0/s1. The van der Waals surface area contributed by atoms with Crippen molar-refractivity contribution in [3.63, 3.8) is 0 Å². The highest BCUT2D eigenvalue weighted by Crippen LogP contribution is 2.44. The number of aryl methyl sites for hydroxylation is 2. The van der Waals surface area contributed by atoms with Gasteiger partial charge in [-0.05, 0) is 80.5 Å². The molecule has 0 spiro atoms. The fourth-order valence-electron chi connectivity index (χ4n) is 6.75. The number of hydrogen-bond donors (Lipinski definition) is 0. The van der Waals surface area contributed by atoms with E-state index in [1.165, 1.54) is 30.0 Å². The molecule has 0 N–H and O–H groups in total. The highest BCUT2D eigenvalue weighted by molar-refractivity contribution is 5.77. The van der Waals surface area contributed by atoms with Gasteiger partial charge in [-0.25, -0.2) is 23.5 Å². The van der Waals surface area contributed by atoms with Crippen LogP contribution in [0.5, 0.6) is 5.75 Å². The van der Waals surface area contributed by atoms with Crippen molar-refractivity contribution in [2.24, 2.45) is 0 Å². The second kappa shape index (κ2) is 12.5. The second-order valence-corrected chi connectivity index (χ2v) is 12.5.